The van der Waals surface area contributed by atoms with Crippen LogP contribution < -0.4 is 20.7 Å². The summed E-state index contributed by atoms with van der Waals surface area (Å²) in [4.78, 5) is 12.2. The lowest BCUT2D eigenvalue weighted by Gasteiger charge is -2.13. The number of benzene rings is 2. The standard InChI is InChI=1S/C22H24N4O4S2/c1-2-3-13-23-32(28,29)19-7-4-6-18(15-19)26-22(31)25-17-11-9-16(10-12-17)24-21(27)20-8-5-14-30-20/h4-12,14-15,23H,2-3,13H2,1H3,(H,24,27)(H2,25,26,31). The number of carbonyl (C=O) groups excluding carboxylic acids is 1. The largest absolute Gasteiger partial charge is 0.459 e. The number of sulfonamides is 1. The van der Waals surface area contributed by atoms with Crippen LogP contribution in [0.1, 0.15) is 30.3 Å². The van der Waals surface area contributed by atoms with Crippen LogP contribution in [0.5, 0.6) is 0 Å². The summed E-state index contributed by atoms with van der Waals surface area (Å²) in [5, 5.41) is 9.03. The molecule has 0 atom stereocenters. The van der Waals surface area contributed by atoms with E-state index in [9.17, 15) is 13.2 Å². The number of rotatable bonds is 9. The quantitative estimate of drug-likeness (QED) is 0.269. The van der Waals surface area contributed by atoms with Gasteiger partial charge in [0.1, 0.15) is 0 Å². The first-order valence-electron chi connectivity index (χ1n) is 10.00. The molecule has 8 nitrogen and oxygen atoms in total. The van der Waals surface area contributed by atoms with Crippen LogP contribution >= 0.6 is 12.2 Å². The van der Waals surface area contributed by atoms with Crippen LogP contribution in [0.4, 0.5) is 17.1 Å². The molecule has 0 aliphatic rings. The summed E-state index contributed by atoms with van der Waals surface area (Å²) < 4.78 is 32.4. The van der Waals surface area contributed by atoms with Crippen molar-refractivity contribution in [2.45, 2.75) is 24.7 Å². The molecular weight excluding hydrogens is 448 g/mol. The molecule has 168 valence electrons. The summed E-state index contributed by atoms with van der Waals surface area (Å²) in [6.45, 7) is 2.39. The molecule has 3 aromatic rings. The van der Waals surface area contributed by atoms with E-state index in [1.165, 1.54) is 18.4 Å². The van der Waals surface area contributed by atoms with Gasteiger partial charge in [-0.05, 0) is 73.2 Å². The van der Waals surface area contributed by atoms with Gasteiger partial charge in [-0.3, -0.25) is 4.79 Å². The van der Waals surface area contributed by atoms with Crippen LogP contribution in [0.3, 0.4) is 0 Å². The van der Waals surface area contributed by atoms with Crippen molar-refractivity contribution in [2.24, 2.45) is 0 Å². The fraction of sp³-hybridized carbons (Fsp3) is 0.182. The number of thiocarbonyl (C=S) groups is 1. The van der Waals surface area contributed by atoms with Crippen molar-refractivity contribution >= 4 is 50.3 Å². The minimum Gasteiger partial charge on any atom is -0.459 e. The van der Waals surface area contributed by atoms with Crippen LogP contribution in [0.25, 0.3) is 0 Å². The number of carbonyl (C=O) groups is 1. The van der Waals surface area contributed by atoms with Crippen molar-refractivity contribution in [3.63, 3.8) is 0 Å². The number of hydrogen-bond acceptors (Lipinski definition) is 5. The fourth-order valence-electron chi connectivity index (χ4n) is 2.74. The zero-order chi connectivity index (χ0) is 23.0. The third-order valence-corrected chi connectivity index (χ3v) is 6.03. The lowest BCUT2D eigenvalue weighted by atomic mass is 10.2. The van der Waals surface area contributed by atoms with E-state index >= 15 is 0 Å². The molecule has 10 heteroatoms. The smallest absolute Gasteiger partial charge is 0.291 e. The van der Waals surface area contributed by atoms with Crippen molar-refractivity contribution < 1.29 is 17.6 Å². The number of amides is 1. The molecule has 1 heterocycles. The van der Waals surface area contributed by atoms with E-state index in [2.05, 4.69) is 20.7 Å². The fourth-order valence-corrected chi connectivity index (χ4v) is 4.09. The second-order valence-electron chi connectivity index (χ2n) is 6.87. The van der Waals surface area contributed by atoms with E-state index < -0.39 is 10.0 Å². The third-order valence-electron chi connectivity index (χ3n) is 4.37. The van der Waals surface area contributed by atoms with Crippen molar-refractivity contribution in [3.8, 4) is 0 Å². The molecule has 4 N–H and O–H groups in total. The first-order chi connectivity index (χ1) is 15.4. The Kier molecular flexibility index (Phi) is 7.98. The summed E-state index contributed by atoms with van der Waals surface area (Å²) in [7, 11) is -3.58. The lowest BCUT2D eigenvalue weighted by molar-refractivity contribution is 0.0996. The molecular formula is C22H24N4O4S2. The summed E-state index contributed by atoms with van der Waals surface area (Å²) in [6, 6.07) is 16.6. The average molecular weight is 473 g/mol. The van der Waals surface area contributed by atoms with Crippen molar-refractivity contribution in [3.05, 3.63) is 72.7 Å². The topological polar surface area (TPSA) is 112 Å². The van der Waals surface area contributed by atoms with E-state index in [-0.39, 0.29) is 16.6 Å². The van der Waals surface area contributed by atoms with E-state index in [1.54, 1.807) is 48.5 Å². The Morgan fingerprint density at radius 3 is 2.28 bits per heavy atom. The Hall–Kier alpha value is -3.21. The highest BCUT2D eigenvalue weighted by Gasteiger charge is 2.14. The van der Waals surface area contributed by atoms with Crippen molar-refractivity contribution in [1.29, 1.82) is 0 Å². The van der Waals surface area contributed by atoms with Gasteiger partial charge in [0.25, 0.3) is 5.91 Å². The normalized spacial score (nSPS) is 11.0. The number of anilines is 3. The van der Waals surface area contributed by atoms with Gasteiger partial charge in [-0.1, -0.05) is 19.4 Å². The SMILES string of the molecule is CCCCNS(=O)(=O)c1cccc(NC(=S)Nc2ccc(NC(=O)c3ccco3)cc2)c1. The maximum Gasteiger partial charge on any atom is 0.291 e. The van der Waals surface area contributed by atoms with Gasteiger partial charge < -0.3 is 20.4 Å². The van der Waals surface area contributed by atoms with Crippen molar-refractivity contribution in [1.82, 2.24) is 4.72 Å². The number of nitrogens with one attached hydrogen (secondary N) is 4. The zero-order valence-corrected chi connectivity index (χ0v) is 19.1. The monoisotopic (exact) mass is 472 g/mol. The first kappa shape index (κ1) is 23.5. The molecule has 32 heavy (non-hydrogen) atoms. The van der Waals surface area contributed by atoms with Gasteiger partial charge in [0, 0.05) is 23.6 Å². The molecule has 3 rings (SSSR count). The third kappa shape index (κ3) is 6.64. The van der Waals surface area contributed by atoms with Gasteiger partial charge >= 0.3 is 0 Å². The number of unbranched alkanes of at least 4 members (excludes halogenated alkanes) is 1. The highest BCUT2D eigenvalue weighted by atomic mass is 32.2. The van der Waals surface area contributed by atoms with E-state index in [0.717, 1.165) is 12.8 Å². The molecule has 0 aliphatic heterocycles. The Bertz CT molecular complexity index is 1160. The predicted octanol–water partition coefficient (Wildman–Crippen LogP) is 4.42. The average Bonchev–Trinajstić information content (AvgIpc) is 3.30. The highest BCUT2D eigenvalue weighted by molar-refractivity contribution is 7.89. The molecule has 0 bridgehead atoms. The van der Waals surface area contributed by atoms with Gasteiger partial charge in [0.2, 0.25) is 10.0 Å². The lowest BCUT2D eigenvalue weighted by Crippen LogP contribution is -2.25. The summed E-state index contributed by atoms with van der Waals surface area (Å²) in [5.74, 6) is -0.116. The highest BCUT2D eigenvalue weighted by Crippen LogP contribution is 2.18. The zero-order valence-electron chi connectivity index (χ0n) is 17.4. The molecule has 1 amide bonds. The minimum absolute atomic E-state index is 0.165. The van der Waals surface area contributed by atoms with Crippen LogP contribution in [-0.4, -0.2) is 26.0 Å². The molecule has 0 unspecified atom stereocenters. The molecule has 2 aromatic carbocycles. The van der Waals surface area contributed by atoms with Crippen LogP contribution in [0.15, 0.2) is 76.2 Å². The molecule has 0 saturated heterocycles. The molecule has 0 spiro atoms. The van der Waals surface area contributed by atoms with Gasteiger partial charge in [-0.15, -0.1) is 0 Å². The summed E-state index contributed by atoms with van der Waals surface area (Å²) >= 11 is 5.33. The first-order valence-corrected chi connectivity index (χ1v) is 11.9. The Morgan fingerprint density at radius 2 is 1.62 bits per heavy atom. The number of hydrogen-bond donors (Lipinski definition) is 4. The Balaban J connectivity index is 1.57. The van der Waals surface area contributed by atoms with Crippen LogP contribution in [0.2, 0.25) is 0 Å². The Morgan fingerprint density at radius 1 is 0.938 bits per heavy atom. The van der Waals surface area contributed by atoms with E-state index in [4.69, 9.17) is 16.6 Å². The number of furan rings is 1. The second kappa shape index (κ2) is 10.9. The molecule has 0 saturated carbocycles. The molecule has 0 radical (unpaired) electrons. The maximum absolute atomic E-state index is 12.4. The molecule has 1 aromatic heterocycles. The van der Waals surface area contributed by atoms with Gasteiger partial charge in [0.05, 0.1) is 11.2 Å². The Labute approximate surface area is 192 Å². The van der Waals surface area contributed by atoms with E-state index in [1.807, 2.05) is 6.92 Å². The summed E-state index contributed by atoms with van der Waals surface area (Å²) in [6.07, 6.45) is 3.11. The minimum atomic E-state index is -3.58. The maximum atomic E-state index is 12.4. The summed E-state index contributed by atoms with van der Waals surface area (Å²) in [5.41, 5.74) is 1.84. The second-order valence-corrected chi connectivity index (χ2v) is 9.04. The predicted molar refractivity (Wildman–Crippen MR) is 129 cm³/mol. The van der Waals surface area contributed by atoms with Crippen LogP contribution in [0, 0.1) is 0 Å². The molecule has 0 fully saturated rings. The van der Waals surface area contributed by atoms with Gasteiger partial charge in [-0.25, -0.2) is 13.1 Å². The van der Waals surface area contributed by atoms with Gasteiger partial charge in [-0.2, -0.15) is 0 Å². The van der Waals surface area contributed by atoms with E-state index in [0.29, 0.717) is 28.7 Å². The van der Waals surface area contributed by atoms with Crippen molar-refractivity contribution in [2.75, 3.05) is 22.5 Å². The van der Waals surface area contributed by atoms with Crippen LogP contribution in [-0.2, 0) is 10.0 Å². The van der Waals surface area contributed by atoms with Gasteiger partial charge in [0.15, 0.2) is 10.9 Å². The molecule has 0 aliphatic carbocycles.